The van der Waals surface area contributed by atoms with E-state index < -0.39 is 23.4 Å². The Balaban J connectivity index is 0.00000121. The maximum Gasteiger partial charge on any atom is 0.323 e. The summed E-state index contributed by atoms with van der Waals surface area (Å²) in [7, 11) is 0. The number of rotatable bonds is 3. The fourth-order valence-electron chi connectivity index (χ4n) is 1.08. The van der Waals surface area contributed by atoms with E-state index in [1.807, 2.05) is 0 Å². The third-order valence-electron chi connectivity index (χ3n) is 1.97. The summed E-state index contributed by atoms with van der Waals surface area (Å²) in [5.74, 6) is -2.50. The molecule has 0 saturated heterocycles. The summed E-state index contributed by atoms with van der Waals surface area (Å²) in [4.78, 5) is 20.5. The van der Waals surface area contributed by atoms with Gasteiger partial charge >= 0.3 is 11.9 Å². The second-order valence-corrected chi connectivity index (χ2v) is 2.84. The molecule has 70 valence electrons. The van der Waals surface area contributed by atoms with Crippen LogP contribution >= 0.6 is 12.4 Å². The van der Waals surface area contributed by atoms with Crippen molar-refractivity contribution in [2.24, 2.45) is 11.7 Å². The summed E-state index contributed by atoms with van der Waals surface area (Å²) < 4.78 is 0. The van der Waals surface area contributed by atoms with E-state index in [4.69, 9.17) is 15.9 Å². The molecule has 1 saturated carbocycles. The van der Waals surface area contributed by atoms with E-state index in [1.54, 1.807) is 0 Å². The van der Waals surface area contributed by atoms with Crippen LogP contribution in [0.5, 0.6) is 0 Å². The summed E-state index contributed by atoms with van der Waals surface area (Å²) in [5, 5.41) is 16.8. The van der Waals surface area contributed by atoms with Crippen molar-refractivity contribution in [3.05, 3.63) is 0 Å². The molecular weight excluding hydrogens is 186 g/mol. The van der Waals surface area contributed by atoms with Crippen molar-refractivity contribution in [3.63, 3.8) is 0 Å². The summed E-state index contributed by atoms with van der Waals surface area (Å²) in [6, 6.07) is 0. The number of aliphatic carboxylic acids is 2. The lowest BCUT2D eigenvalue weighted by Crippen LogP contribution is -2.35. The molecule has 0 amide bonds. The van der Waals surface area contributed by atoms with Crippen LogP contribution in [-0.4, -0.2) is 27.7 Å². The molecule has 6 heteroatoms. The average molecular weight is 196 g/mol. The van der Waals surface area contributed by atoms with Gasteiger partial charge in [-0.2, -0.15) is 0 Å². The highest BCUT2D eigenvalue weighted by molar-refractivity contribution is 5.85. The van der Waals surface area contributed by atoms with E-state index in [1.165, 1.54) is 0 Å². The van der Waals surface area contributed by atoms with Gasteiger partial charge in [-0.3, -0.25) is 9.59 Å². The molecular formula is C6H10ClNO4. The summed E-state index contributed by atoms with van der Waals surface area (Å²) in [5.41, 5.74) is 4.05. The van der Waals surface area contributed by atoms with E-state index >= 15 is 0 Å². The second-order valence-electron chi connectivity index (χ2n) is 2.84. The zero-order chi connectivity index (χ0) is 8.65. The van der Waals surface area contributed by atoms with Gasteiger partial charge in [0.25, 0.3) is 0 Å². The summed E-state index contributed by atoms with van der Waals surface area (Å²) in [6.45, 7) is 0. The van der Waals surface area contributed by atoms with Crippen molar-refractivity contribution in [2.75, 3.05) is 0 Å². The quantitative estimate of drug-likeness (QED) is 0.573. The Hall–Kier alpha value is -0.810. The number of carbonyl (C=O) groups is 2. The molecule has 0 heterocycles. The largest absolute Gasteiger partial charge is 0.481 e. The monoisotopic (exact) mass is 195 g/mol. The molecule has 0 bridgehead atoms. The van der Waals surface area contributed by atoms with Gasteiger partial charge in [0.15, 0.2) is 0 Å². The standard InChI is InChI=1S/C6H9NO4.ClH/c7-6(5(10)11)2-3(6)1-4(8)9;/h3H,1-2,7H2,(H,8,9)(H,10,11);1H/t3-,6+;/m0./s1. The Labute approximate surface area is 75.0 Å². The van der Waals surface area contributed by atoms with E-state index in [9.17, 15) is 9.59 Å². The molecule has 1 fully saturated rings. The highest BCUT2D eigenvalue weighted by atomic mass is 35.5. The van der Waals surface area contributed by atoms with Gasteiger partial charge in [0, 0.05) is 5.92 Å². The number of carboxylic acids is 2. The number of halogens is 1. The second kappa shape index (κ2) is 3.28. The minimum Gasteiger partial charge on any atom is -0.481 e. The molecule has 0 unspecified atom stereocenters. The number of carboxylic acid groups (broad SMARTS) is 2. The zero-order valence-electron chi connectivity index (χ0n) is 6.19. The molecule has 0 aromatic rings. The zero-order valence-corrected chi connectivity index (χ0v) is 7.00. The summed E-state index contributed by atoms with van der Waals surface area (Å²) in [6.07, 6.45) is 0.122. The molecule has 0 spiro atoms. The van der Waals surface area contributed by atoms with Crippen molar-refractivity contribution in [3.8, 4) is 0 Å². The van der Waals surface area contributed by atoms with Crippen LogP contribution in [0, 0.1) is 5.92 Å². The van der Waals surface area contributed by atoms with Gasteiger partial charge in [0.05, 0.1) is 6.42 Å². The molecule has 12 heavy (non-hydrogen) atoms. The van der Waals surface area contributed by atoms with Crippen LogP contribution in [-0.2, 0) is 9.59 Å². The van der Waals surface area contributed by atoms with E-state index in [0.717, 1.165) is 0 Å². The predicted octanol–water partition coefficient (Wildman–Crippen LogP) is -0.315. The first-order valence-electron chi connectivity index (χ1n) is 3.21. The Morgan fingerprint density at radius 3 is 2.25 bits per heavy atom. The van der Waals surface area contributed by atoms with Crippen LogP contribution in [0.2, 0.25) is 0 Å². The predicted molar refractivity (Wildman–Crippen MR) is 42.2 cm³/mol. The van der Waals surface area contributed by atoms with Crippen molar-refractivity contribution in [1.82, 2.24) is 0 Å². The minimum atomic E-state index is -1.27. The topological polar surface area (TPSA) is 101 Å². The third kappa shape index (κ3) is 1.86. The Morgan fingerprint density at radius 2 is 2.00 bits per heavy atom. The van der Waals surface area contributed by atoms with E-state index in [2.05, 4.69) is 0 Å². The first-order valence-corrected chi connectivity index (χ1v) is 3.21. The Kier molecular flexibility index (Phi) is 3.06. The summed E-state index contributed by atoms with van der Waals surface area (Å²) >= 11 is 0. The van der Waals surface area contributed by atoms with Crippen molar-refractivity contribution in [1.29, 1.82) is 0 Å². The first kappa shape index (κ1) is 11.2. The van der Waals surface area contributed by atoms with Crippen LogP contribution in [0.3, 0.4) is 0 Å². The molecule has 5 nitrogen and oxygen atoms in total. The maximum absolute atomic E-state index is 10.4. The van der Waals surface area contributed by atoms with Gasteiger partial charge in [-0.25, -0.2) is 0 Å². The Morgan fingerprint density at radius 1 is 1.50 bits per heavy atom. The highest BCUT2D eigenvalue weighted by Crippen LogP contribution is 2.43. The molecule has 0 aromatic carbocycles. The van der Waals surface area contributed by atoms with Gasteiger partial charge in [-0.05, 0) is 6.42 Å². The number of hydrogen-bond acceptors (Lipinski definition) is 3. The lowest BCUT2D eigenvalue weighted by atomic mass is 10.2. The maximum atomic E-state index is 10.4. The first-order chi connectivity index (χ1) is 4.97. The molecule has 1 aliphatic carbocycles. The van der Waals surface area contributed by atoms with Gasteiger partial charge < -0.3 is 15.9 Å². The lowest BCUT2D eigenvalue weighted by molar-refractivity contribution is -0.140. The minimum absolute atomic E-state index is 0. The van der Waals surface area contributed by atoms with Crippen LogP contribution in [0.25, 0.3) is 0 Å². The average Bonchev–Trinajstić information content (AvgIpc) is 2.42. The van der Waals surface area contributed by atoms with E-state index in [-0.39, 0.29) is 25.2 Å². The number of nitrogens with two attached hydrogens (primary N) is 1. The molecule has 2 atom stereocenters. The third-order valence-corrected chi connectivity index (χ3v) is 1.97. The van der Waals surface area contributed by atoms with Crippen molar-refractivity contribution in [2.45, 2.75) is 18.4 Å². The molecule has 1 rings (SSSR count). The van der Waals surface area contributed by atoms with Crippen LogP contribution in [0.1, 0.15) is 12.8 Å². The van der Waals surface area contributed by atoms with Gasteiger partial charge in [0.2, 0.25) is 0 Å². The molecule has 4 N–H and O–H groups in total. The van der Waals surface area contributed by atoms with Crippen LogP contribution in [0.4, 0.5) is 0 Å². The Bertz CT molecular complexity index is 220. The fourth-order valence-corrected chi connectivity index (χ4v) is 1.08. The van der Waals surface area contributed by atoms with Crippen LogP contribution in [0.15, 0.2) is 0 Å². The van der Waals surface area contributed by atoms with Crippen LogP contribution < -0.4 is 5.73 Å². The smallest absolute Gasteiger partial charge is 0.323 e. The fraction of sp³-hybridized carbons (Fsp3) is 0.667. The lowest BCUT2D eigenvalue weighted by Gasteiger charge is -2.01. The SMILES string of the molecule is Cl.N[C@]1(C(=O)O)C[C@@H]1CC(=O)O. The molecule has 0 aliphatic heterocycles. The normalized spacial score (nSPS) is 31.9. The van der Waals surface area contributed by atoms with Gasteiger partial charge in [-0.1, -0.05) is 0 Å². The van der Waals surface area contributed by atoms with E-state index in [0.29, 0.717) is 0 Å². The molecule has 1 aliphatic rings. The molecule has 0 aromatic heterocycles. The van der Waals surface area contributed by atoms with Crippen molar-refractivity contribution >= 4 is 24.3 Å². The molecule has 0 radical (unpaired) electrons. The van der Waals surface area contributed by atoms with Crippen molar-refractivity contribution < 1.29 is 19.8 Å². The number of hydrogen-bond donors (Lipinski definition) is 3. The highest BCUT2D eigenvalue weighted by Gasteiger charge is 2.58. The van der Waals surface area contributed by atoms with Gasteiger partial charge in [-0.15, -0.1) is 12.4 Å². The van der Waals surface area contributed by atoms with Gasteiger partial charge in [0.1, 0.15) is 5.54 Å².